The van der Waals surface area contributed by atoms with Crippen molar-refractivity contribution in [2.45, 2.75) is 6.92 Å². The third-order valence-electron chi connectivity index (χ3n) is 2.77. The fraction of sp³-hybridized carbons (Fsp3) is 0.455. The van der Waals surface area contributed by atoms with E-state index in [1.54, 1.807) is 6.92 Å². The Hall–Kier alpha value is -1.29. The van der Waals surface area contributed by atoms with Gasteiger partial charge in [0.1, 0.15) is 5.82 Å². The summed E-state index contributed by atoms with van der Waals surface area (Å²) in [4.78, 5) is 2.19. The van der Waals surface area contributed by atoms with Crippen LogP contribution >= 0.6 is 0 Å². The monoisotopic (exact) mass is 209 g/mol. The Bertz CT molecular complexity index is 359. The molecule has 2 rings (SSSR count). The van der Waals surface area contributed by atoms with Gasteiger partial charge in [-0.15, -0.1) is 0 Å². The molecule has 0 unspecified atom stereocenters. The van der Waals surface area contributed by atoms with E-state index >= 15 is 0 Å². The van der Waals surface area contributed by atoms with Crippen LogP contribution in [0.1, 0.15) is 5.56 Å². The Morgan fingerprint density at radius 3 is 2.67 bits per heavy atom. The highest BCUT2D eigenvalue weighted by atomic mass is 19.1. The van der Waals surface area contributed by atoms with Crippen LogP contribution in [0.4, 0.5) is 15.8 Å². The summed E-state index contributed by atoms with van der Waals surface area (Å²) in [5.74, 6) is -0.230. The summed E-state index contributed by atoms with van der Waals surface area (Å²) < 4.78 is 13.2. The summed E-state index contributed by atoms with van der Waals surface area (Å²) in [7, 11) is 0. The SMILES string of the molecule is Cc1cc(N2CCNCC2)c(N)cc1F. The van der Waals surface area contributed by atoms with Gasteiger partial charge in [-0.2, -0.15) is 0 Å². The van der Waals surface area contributed by atoms with Crippen molar-refractivity contribution in [3.8, 4) is 0 Å². The van der Waals surface area contributed by atoms with Crippen LogP contribution in [0.2, 0.25) is 0 Å². The Kier molecular flexibility index (Phi) is 2.77. The number of rotatable bonds is 1. The molecule has 82 valence electrons. The molecule has 1 aromatic rings. The minimum Gasteiger partial charge on any atom is -0.397 e. The molecule has 0 amide bonds. The van der Waals surface area contributed by atoms with Crippen molar-refractivity contribution in [3.63, 3.8) is 0 Å². The van der Waals surface area contributed by atoms with Gasteiger partial charge in [-0.1, -0.05) is 0 Å². The van der Waals surface area contributed by atoms with Gasteiger partial charge >= 0.3 is 0 Å². The molecule has 1 aromatic carbocycles. The summed E-state index contributed by atoms with van der Waals surface area (Å²) in [6.07, 6.45) is 0. The molecule has 0 spiro atoms. The average Bonchev–Trinajstić information content (AvgIpc) is 2.25. The molecule has 0 aromatic heterocycles. The first-order valence-electron chi connectivity index (χ1n) is 5.20. The molecule has 4 heteroatoms. The fourth-order valence-corrected chi connectivity index (χ4v) is 1.86. The second kappa shape index (κ2) is 4.06. The molecular weight excluding hydrogens is 193 g/mol. The Labute approximate surface area is 89.1 Å². The molecule has 1 fully saturated rings. The maximum atomic E-state index is 13.2. The zero-order valence-electron chi connectivity index (χ0n) is 8.89. The largest absolute Gasteiger partial charge is 0.397 e. The second-order valence-corrected chi connectivity index (χ2v) is 3.90. The maximum Gasteiger partial charge on any atom is 0.128 e. The molecule has 3 N–H and O–H groups in total. The lowest BCUT2D eigenvalue weighted by Gasteiger charge is -2.30. The molecule has 0 saturated carbocycles. The average molecular weight is 209 g/mol. The predicted molar refractivity (Wildman–Crippen MR) is 60.6 cm³/mol. The number of hydrogen-bond donors (Lipinski definition) is 2. The number of nitrogens with two attached hydrogens (primary N) is 1. The number of anilines is 2. The Morgan fingerprint density at radius 1 is 1.33 bits per heavy atom. The molecule has 0 aliphatic carbocycles. The van der Waals surface area contributed by atoms with Crippen LogP contribution < -0.4 is 16.0 Å². The summed E-state index contributed by atoms with van der Waals surface area (Å²) in [5, 5.41) is 3.27. The van der Waals surface area contributed by atoms with Gasteiger partial charge in [-0.25, -0.2) is 4.39 Å². The minimum absolute atomic E-state index is 0.230. The van der Waals surface area contributed by atoms with Crippen molar-refractivity contribution in [2.75, 3.05) is 36.8 Å². The predicted octanol–water partition coefficient (Wildman–Crippen LogP) is 1.13. The van der Waals surface area contributed by atoms with Crippen LogP contribution in [-0.4, -0.2) is 26.2 Å². The van der Waals surface area contributed by atoms with Crippen molar-refractivity contribution in [1.29, 1.82) is 0 Å². The molecule has 0 bridgehead atoms. The first kappa shape index (κ1) is 10.2. The maximum absolute atomic E-state index is 13.2. The number of hydrogen-bond acceptors (Lipinski definition) is 3. The zero-order valence-corrected chi connectivity index (χ0v) is 8.89. The quantitative estimate of drug-likeness (QED) is 0.681. The molecule has 1 heterocycles. The number of nitrogens with one attached hydrogen (secondary N) is 1. The summed E-state index contributed by atoms with van der Waals surface area (Å²) in [5.41, 5.74) is 7.95. The molecule has 1 aliphatic rings. The third kappa shape index (κ3) is 2.04. The number of piperazine rings is 1. The van der Waals surface area contributed by atoms with Gasteiger partial charge < -0.3 is 16.0 Å². The molecule has 0 radical (unpaired) electrons. The number of halogens is 1. The summed E-state index contributed by atoms with van der Waals surface area (Å²) in [6.45, 7) is 5.52. The standard InChI is InChI=1S/C11H16FN3/c1-8-6-11(10(13)7-9(8)12)15-4-2-14-3-5-15/h6-7,14H,2-5,13H2,1H3. The highest BCUT2D eigenvalue weighted by Gasteiger charge is 2.14. The van der Waals surface area contributed by atoms with Gasteiger partial charge in [0.05, 0.1) is 11.4 Å². The van der Waals surface area contributed by atoms with Crippen LogP contribution in [-0.2, 0) is 0 Å². The van der Waals surface area contributed by atoms with Crippen molar-refractivity contribution in [3.05, 3.63) is 23.5 Å². The van der Waals surface area contributed by atoms with Crippen LogP contribution in [0.5, 0.6) is 0 Å². The van der Waals surface area contributed by atoms with Crippen LogP contribution in [0, 0.1) is 12.7 Å². The Morgan fingerprint density at radius 2 is 2.00 bits per heavy atom. The van der Waals surface area contributed by atoms with Crippen molar-refractivity contribution in [1.82, 2.24) is 5.32 Å². The summed E-state index contributed by atoms with van der Waals surface area (Å²) in [6, 6.07) is 3.24. The Balaban J connectivity index is 2.30. The van der Waals surface area contributed by atoms with Crippen LogP contribution in [0.15, 0.2) is 12.1 Å². The molecule has 0 atom stereocenters. The van der Waals surface area contributed by atoms with E-state index in [0.29, 0.717) is 11.3 Å². The van der Waals surface area contributed by atoms with Gasteiger partial charge in [-0.3, -0.25) is 0 Å². The van der Waals surface area contributed by atoms with Gasteiger partial charge in [0.25, 0.3) is 0 Å². The number of nitrogens with zero attached hydrogens (tertiary/aromatic N) is 1. The second-order valence-electron chi connectivity index (χ2n) is 3.90. The van der Waals surface area contributed by atoms with Crippen LogP contribution in [0.3, 0.4) is 0 Å². The lowest BCUT2D eigenvalue weighted by molar-refractivity contribution is 0.587. The molecule has 3 nitrogen and oxygen atoms in total. The number of benzene rings is 1. The van der Waals surface area contributed by atoms with Gasteiger partial charge in [0.15, 0.2) is 0 Å². The fourth-order valence-electron chi connectivity index (χ4n) is 1.86. The zero-order chi connectivity index (χ0) is 10.8. The topological polar surface area (TPSA) is 41.3 Å². The van der Waals surface area contributed by atoms with E-state index in [9.17, 15) is 4.39 Å². The van der Waals surface area contributed by atoms with Crippen molar-refractivity contribution in [2.24, 2.45) is 0 Å². The van der Waals surface area contributed by atoms with Gasteiger partial charge in [-0.05, 0) is 24.6 Å². The smallest absolute Gasteiger partial charge is 0.128 e. The minimum atomic E-state index is -0.230. The van der Waals surface area contributed by atoms with E-state index in [-0.39, 0.29) is 5.82 Å². The van der Waals surface area contributed by atoms with E-state index in [1.165, 1.54) is 6.07 Å². The van der Waals surface area contributed by atoms with Crippen molar-refractivity contribution < 1.29 is 4.39 Å². The van der Waals surface area contributed by atoms with E-state index in [1.807, 2.05) is 6.07 Å². The molecule has 1 saturated heterocycles. The van der Waals surface area contributed by atoms with E-state index in [0.717, 1.165) is 31.9 Å². The summed E-state index contributed by atoms with van der Waals surface area (Å²) >= 11 is 0. The number of aryl methyl sites for hydroxylation is 1. The highest BCUT2D eigenvalue weighted by Crippen LogP contribution is 2.26. The van der Waals surface area contributed by atoms with Gasteiger partial charge in [0, 0.05) is 26.2 Å². The number of nitrogen functional groups attached to an aromatic ring is 1. The third-order valence-corrected chi connectivity index (χ3v) is 2.77. The first-order chi connectivity index (χ1) is 7.18. The first-order valence-corrected chi connectivity index (χ1v) is 5.20. The van der Waals surface area contributed by atoms with Gasteiger partial charge in [0.2, 0.25) is 0 Å². The molecule has 15 heavy (non-hydrogen) atoms. The van der Waals surface area contributed by atoms with E-state index < -0.39 is 0 Å². The van der Waals surface area contributed by atoms with E-state index in [4.69, 9.17) is 5.73 Å². The van der Waals surface area contributed by atoms with E-state index in [2.05, 4.69) is 10.2 Å². The lowest BCUT2D eigenvalue weighted by atomic mass is 10.1. The van der Waals surface area contributed by atoms with Crippen molar-refractivity contribution >= 4 is 11.4 Å². The van der Waals surface area contributed by atoms with Crippen LogP contribution in [0.25, 0.3) is 0 Å². The normalized spacial score (nSPS) is 16.8. The molecular formula is C11H16FN3. The highest BCUT2D eigenvalue weighted by molar-refractivity contribution is 5.69. The lowest BCUT2D eigenvalue weighted by Crippen LogP contribution is -2.43. The molecule has 1 aliphatic heterocycles.